The topological polar surface area (TPSA) is 50.9 Å². The van der Waals surface area contributed by atoms with Crippen molar-refractivity contribution in [2.45, 2.75) is 55.3 Å². The number of rotatable bonds is 3. The average molecular weight is 324 g/mol. The fourth-order valence-electron chi connectivity index (χ4n) is 2.55. The van der Waals surface area contributed by atoms with Gasteiger partial charge in [0.05, 0.1) is 6.10 Å². The number of benzene rings is 1. The van der Waals surface area contributed by atoms with Gasteiger partial charge < -0.3 is 9.67 Å². The molecule has 1 aromatic carbocycles. The zero-order chi connectivity index (χ0) is 14.8. The van der Waals surface area contributed by atoms with Crippen molar-refractivity contribution in [1.29, 1.82) is 0 Å². The molecule has 1 aromatic heterocycles. The number of nitrogens with zero attached hydrogens (tertiary/aromatic N) is 3. The van der Waals surface area contributed by atoms with Crippen LogP contribution in [0.15, 0.2) is 28.3 Å². The Morgan fingerprint density at radius 1 is 1.29 bits per heavy atom. The number of hydrogen-bond acceptors (Lipinski definition) is 4. The van der Waals surface area contributed by atoms with E-state index in [9.17, 15) is 5.11 Å². The first kappa shape index (κ1) is 14.9. The van der Waals surface area contributed by atoms with Crippen LogP contribution in [0.5, 0.6) is 0 Å². The molecule has 1 unspecified atom stereocenters. The third-order valence-electron chi connectivity index (χ3n) is 3.71. The molecule has 4 nitrogen and oxygen atoms in total. The van der Waals surface area contributed by atoms with Gasteiger partial charge in [0.25, 0.3) is 0 Å². The summed E-state index contributed by atoms with van der Waals surface area (Å²) < 4.78 is 2.22. The van der Waals surface area contributed by atoms with E-state index in [0.717, 1.165) is 34.4 Å². The number of aromatic nitrogens is 3. The molecule has 0 saturated heterocycles. The quantitative estimate of drug-likeness (QED) is 0.931. The van der Waals surface area contributed by atoms with Crippen molar-refractivity contribution in [2.24, 2.45) is 0 Å². The van der Waals surface area contributed by atoms with Crippen molar-refractivity contribution in [3.63, 3.8) is 0 Å². The standard InChI is InChI=1S/C15H18ClN3OS/c1-10(20)12-7-6-11(9-13(12)16)21-15-18-17-14-5-3-2-4-8-19(14)15/h6-7,9-10,20H,2-5,8H2,1H3. The van der Waals surface area contributed by atoms with Crippen LogP contribution in [0.25, 0.3) is 0 Å². The summed E-state index contributed by atoms with van der Waals surface area (Å²) in [6, 6.07) is 5.72. The first-order chi connectivity index (χ1) is 10.1. The van der Waals surface area contributed by atoms with Gasteiger partial charge in [-0.05, 0) is 49.2 Å². The molecule has 1 atom stereocenters. The number of aryl methyl sites for hydroxylation is 1. The molecule has 0 radical (unpaired) electrons. The van der Waals surface area contributed by atoms with Crippen LogP contribution in [-0.2, 0) is 13.0 Å². The summed E-state index contributed by atoms with van der Waals surface area (Å²) in [4.78, 5) is 1.02. The maximum absolute atomic E-state index is 9.62. The van der Waals surface area contributed by atoms with Crippen molar-refractivity contribution in [3.8, 4) is 0 Å². The van der Waals surface area contributed by atoms with E-state index >= 15 is 0 Å². The first-order valence-corrected chi connectivity index (χ1v) is 8.42. The summed E-state index contributed by atoms with van der Waals surface area (Å²) in [5.74, 6) is 1.08. The van der Waals surface area contributed by atoms with Gasteiger partial charge in [-0.2, -0.15) is 0 Å². The lowest BCUT2D eigenvalue weighted by atomic mass is 10.1. The number of aliphatic hydroxyl groups is 1. The van der Waals surface area contributed by atoms with E-state index < -0.39 is 6.10 Å². The van der Waals surface area contributed by atoms with Crippen LogP contribution < -0.4 is 0 Å². The molecule has 2 heterocycles. The van der Waals surface area contributed by atoms with E-state index in [2.05, 4.69) is 14.8 Å². The van der Waals surface area contributed by atoms with E-state index in [4.69, 9.17) is 11.6 Å². The lowest BCUT2D eigenvalue weighted by Gasteiger charge is -2.10. The normalized spacial score (nSPS) is 16.3. The summed E-state index contributed by atoms with van der Waals surface area (Å²) in [6.45, 7) is 2.70. The van der Waals surface area contributed by atoms with E-state index in [-0.39, 0.29) is 0 Å². The first-order valence-electron chi connectivity index (χ1n) is 7.22. The predicted octanol–water partition coefficient (Wildman–Crippen LogP) is 3.86. The number of halogens is 1. The Kier molecular flexibility index (Phi) is 4.52. The third-order valence-corrected chi connectivity index (χ3v) is 5.01. The van der Waals surface area contributed by atoms with Crippen molar-refractivity contribution >= 4 is 23.4 Å². The van der Waals surface area contributed by atoms with Crippen LogP contribution in [0.2, 0.25) is 5.02 Å². The van der Waals surface area contributed by atoms with Gasteiger partial charge in [0, 0.05) is 22.9 Å². The van der Waals surface area contributed by atoms with Gasteiger partial charge in [-0.25, -0.2) is 0 Å². The largest absolute Gasteiger partial charge is 0.389 e. The minimum absolute atomic E-state index is 0.555. The van der Waals surface area contributed by atoms with Crippen molar-refractivity contribution in [1.82, 2.24) is 14.8 Å². The van der Waals surface area contributed by atoms with Gasteiger partial charge in [0.2, 0.25) is 0 Å². The summed E-state index contributed by atoms with van der Waals surface area (Å²) in [6.07, 6.45) is 4.08. The average Bonchev–Trinajstić information content (AvgIpc) is 2.68. The SMILES string of the molecule is CC(O)c1ccc(Sc2nnc3n2CCCCC3)cc1Cl. The second-order valence-electron chi connectivity index (χ2n) is 5.32. The molecule has 0 bridgehead atoms. The molecule has 21 heavy (non-hydrogen) atoms. The second-order valence-corrected chi connectivity index (χ2v) is 6.77. The molecule has 2 aromatic rings. The van der Waals surface area contributed by atoms with Gasteiger partial charge in [-0.15, -0.1) is 10.2 Å². The minimum Gasteiger partial charge on any atom is -0.389 e. The van der Waals surface area contributed by atoms with Crippen LogP contribution in [-0.4, -0.2) is 19.9 Å². The fraction of sp³-hybridized carbons (Fsp3) is 0.467. The number of aliphatic hydroxyl groups excluding tert-OH is 1. The third kappa shape index (κ3) is 3.25. The molecule has 0 aliphatic carbocycles. The van der Waals surface area contributed by atoms with E-state index in [1.165, 1.54) is 19.3 Å². The molecule has 0 fully saturated rings. The smallest absolute Gasteiger partial charge is 0.196 e. The van der Waals surface area contributed by atoms with Crippen LogP contribution in [0.3, 0.4) is 0 Å². The maximum Gasteiger partial charge on any atom is 0.196 e. The monoisotopic (exact) mass is 323 g/mol. The Labute approximate surface area is 133 Å². The van der Waals surface area contributed by atoms with Gasteiger partial charge in [0.1, 0.15) is 5.82 Å². The Hall–Kier alpha value is -1.04. The van der Waals surface area contributed by atoms with Crippen LogP contribution in [0, 0.1) is 0 Å². The molecule has 0 spiro atoms. The summed E-state index contributed by atoms with van der Waals surface area (Å²) in [5, 5.41) is 19.7. The molecule has 0 amide bonds. The highest BCUT2D eigenvalue weighted by atomic mass is 35.5. The van der Waals surface area contributed by atoms with Gasteiger partial charge in [-0.1, -0.05) is 24.1 Å². The van der Waals surface area contributed by atoms with Gasteiger partial charge >= 0.3 is 0 Å². The molecular formula is C15H18ClN3OS. The van der Waals surface area contributed by atoms with Crippen molar-refractivity contribution < 1.29 is 5.11 Å². The van der Waals surface area contributed by atoms with E-state index in [0.29, 0.717) is 5.02 Å². The highest BCUT2D eigenvalue weighted by Crippen LogP contribution is 2.33. The number of hydrogen-bond donors (Lipinski definition) is 1. The predicted molar refractivity (Wildman–Crippen MR) is 83.8 cm³/mol. The van der Waals surface area contributed by atoms with Crippen LogP contribution in [0.1, 0.15) is 43.7 Å². The molecule has 6 heteroatoms. The van der Waals surface area contributed by atoms with E-state index in [1.54, 1.807) is 18.7 Å². The lowest BCUT2D eigenvalue weighted by Crippen LogP contribution is -2.02. The molecule has 1 N–H and O–H groups in total. The highest BCUT2D eigenvalue weighted by molar-refractivity contribution is 7.99. The molecular weight excluding hydrogens is 306 g/mol. The molecule has 0 saturated carbocycles. The molecule has 1 aliphatic rings. The summed E-state index contributed by atoms with van der Waals surface area (Å²) >= 11 is 7.79. The molecule has 1 aliphatic heterocycles. The Balaban J connectivity index is 1.84. The second kappa shape index (κ2) is 6.38. The van der Waals surface area contributed by atoms with Crippen LogP contribution >= 0.6 is 23.4 Å². The maximum atomic E-state index is 9.62. The zero-order valence-corrected chi connectivity index (χ0v) is 13.5. The van der Waals surface area contributed by atoms with Gasteiger partial charge in [-0.3, -0.25) is 0 Å². The van der Waals surface area contributed by atoms with Gasteiger partial charge in [0.15, 0.2) is 5.16 Å². The Bertz CT molecular complexity index is 642. The fourth-order valence-corrected chi connectivity index (χ4v) is 3.86. The number of fused-ring (bicyclic) bond motifs is 1. The van der Waals surface area contributed by atoms with Crippen LogP contribution in [0.4, 0.5) is 0 Å². The molecule has 3 rings (SSSR count). The summed E-state index contributed by atoms with van der Waals surface area (Å²) in [5.41, 5.74) is 0.751. The highest BCUT2D eigenvalue weighted by Gasteiger charge is 2.16. The Morgan fingerprint density at radius 3 is 2.90 bits per heavy atom. The zero-order valence-electron chi connectivity index (χ0n) is 11.9. The lowest BCUT2D eigenvalue weighted by molar-refractivity contribution is 0.199. The molecule has 112 valence electrons. The van der Waals surface area contributed by atoms with Crippen molar-refractivity contribution in [2.75, 3.05) is 0 Å². The van der Waals surface area contributed by atoms with E-state index in [1.807, 2.05) is 18.2 Å². The Morgan fingerprint density at radius 2 is 2.14 bits per heavy atom. The van der Waals surface area contributed by atoms with Crippen molar-refractivity contribution in [3.05, 3.63) is 34.6 Å². The summed E-state index contributed by atoms with van der Waals surface area (Å²) in [7, 11) is 0. The minimum atomic E-state index is -0.555.